The smallest absolute Gasteiger partial charge is 0.267 e. The molecular formula is C17H22N2OS. The zero-order chi connectivity index (χ0) is 15.6. The van der Waals surface area contributed by atoms with E-state index in [-0.39, 0.29) is 5.56 Å². The van der Waals surface area contributed by atoms with Gasteiger partial charge in [0.25, 0.3) is 5.56 Å². The maximum Gasteiger partial charge on any atom is 0.270 e. The summed E-state index contributed by atoms with van der Waals surface area (Å²) < 4.78 is 1.58. The standard InChI is InChI=1S/C17H22N2OS/c1-11(2)9-19-17(20)14(10-21)8-16(18-19)15-7-12(3)5-6-13(15)4/h5-8,11,21H,9-10H2,1-4H3. The Morgan fingerprint density at radius 2 is 1.95 bits per heavy atom. The van der Waals surface area contributed by atoms with Crippen molar-refractivity contribution in [3.63, 3.8) is 0 Å². The number of thiol groups is 1. The van der Waals surface area contributed by atoms with Gasteiger partial charge in [0.2, 0.25) is 0 Å². The van der Waals surface area contributed by atoms with Crippen molar-refractivity contribution in [1.29, 1.82) is 0 Å². The van der Waals surface area contributed by atoms with Crippen molar-refractivity contribution in [2.24, 2.45) is 5.92 Å². The van der Waals surface area contributed by atoms with E-state index in [1.54, 1.807) is 4.68 Å². The van der Waals surface area contributed by atoms with Crippen LogP contribution in [0.3, 0.4) is 0 Å². The molecule has 0 aliphatic carbocycles. The van der Waals surface area contributed by atoms with E-state index in [1.807, 2.05) is 6.07 Å². The highest BCUT2D eigenvalue weighted by molar-refractivity contribution is 7.79. The third-order valence-corrected chi connectivity index (χ3v) is 3.77. The number of aryl methyl sites for hydroxylation is 2. The van der Waals surface area contributed by atoms with Gasteiger partial charge in [-0.1, -0.05) is 31.5 Å². The molecule has 0 bridgehead atoms. The lowest BCUT2D eigenvalue weighted by Gasteiger charge is -2.13. The monoisotopic (exact) mass is 302 g/mol. The Hall–Kier alpha value is -1.55. The number of hydrogen-bond donors (Lipinski definition) is 1. The van der Waals surface area contributed by atoms with E-state index in [4.69, 9.17) is 0 Å². The van der Waals surface area contributed by atoms with Gasteiger partial charge in [0, 0.05) is 23.4 Å². The molecule has 0 saturated heterocycles. The lowest BCUT2D eigenvalue weighted by atomic mass is 10.0. The Labute approximate surface area is 131 Å². The fourth-order valence-corrected chi connectivity index (χ4v) is 2.55. The number of aromatic nitrogens is 2. The molecule has 2 rings (SSSR count). The largest absolute Gasteiger partial charge is 0.270 e. The van der Waals surface area contributed by atoms with Crippen molar-refractivity contribution >= 4 is 12.6 Å². The molecule has 2 aromatic rings. The van der Waals surface area contributed by atoms with Crippen LogP contribution in [-0.4, -0.2) is 9.78 Å². The summed E-state index contributed by atoms with van der Waals surface area (Å²) in [4.78, 5) is 12.3. The first-order valence-corrected chi connectivity index (χ1v) is 7.85. The summed E-state index contributed by atoms with van der Waals surface area (Å²) in [6, 6.07) is 8.16. The molecule has 1 heterocycles. The van der Waals surface area contributed by atoms with Crippen LogP contribution >= 0.6 is 12.6 Å². The molecule has 1 aromatic heterocycles. The topological polar surface area (TPSA) is 34.9 Å². The Bertz CT molecular complexity index is 704. The van der Waals surface area contributed by atoms with E-state index in [0.717, 1.165) is 16.8 Å². The van der Waals surface area contributed by atoms with Gasteiger partial charge in [-0.3, -0.25) is 4.79 Å². The van der Waals surface area contributed by atoms with Crippen LogP contribution in [0.25, 0.3) is 11.3 Å². The zero-order valence-electron chi connectivity index (χ0n) is 13.1. The Balaban J connectivity index is 2.63. The van der Waals surface area contributed by atoms with Crippen LogP contribution < -0.4 is 5.56 Å². The molecule has 0 saturated carbocycles. The third-order valence-electron chi connectivity index (χ3n) is 3.43. The maximum atomic E-state index is 12.3. The Morgan fingerprint density at radius 1 is 1.24 bits per heavy atom. The van der Waals surface area contributed by atoms with Gasteiger partial charge >= 0.3 is 0 Å². The van der Waals surface area contributed by atoms with Gasteiger partial charge < -0.3 is 0 Å². The highest BCUT2D eigenvalue weighted by Gasteiger charge is 2.12. The normalized spacial score (nSPS) is 11.1. The molecule has 21 heavy (non-hydrogen) atoms. The second-order valence-corrected chi connectivity index (χ2v) is 6.23. The lowest BCUT2D eigenvalue weighted by molar-refractivity contribution is 0.463. The summed E-state index contributed by atoms with van der Waals surface area (Å²) in [5.41, 5.74) is 4.94. The van der Waals surface area contributed by atoms with Crippen molar-refractivity contribution < 1.29 is 0 Å². The van der Waals surface area contributed by atoms with Crippen molar-refractivity contribution in [2.75, 3.05) is 0 Å². The van der Waals surface area contributed by atoms with Crippen molar-refractivity contribution in [2.45, 2.75) is 40.0 Å². The van der Waals surface area contributed by atoms with Crippen molar-refractivity contribution in [3.05, 3.63) is 51.3 Å². The number of benzene rings is 1. The molecule has 0 unspecified atom stereocenters. The molecule has 0 aliphatic heterocycles. The summed E-state index contributed by atoms with van der Waals surface area (Å²) >= 11 is 4.28. The summed E-state index contributed by atoms with van der Waals surface area (Å²) in [6.07, 6.45) is 0. The first-order chi connectivity index (χ1) is 9.92. The van der Waals surface area contributed by atoms with Crippen molar-refractivity contribution in [3.8, 4) is 11.3 Å². The number of nitrogens with zero attached hydrogens (tertiary/aromatic N) is 2. The second-order valence-electron chi connectivity index (χ2n) is 5.91. The number of hydrogen-bond acceptors (Lipinski definition) is 3. The molecule has 4 heteroatoms. The van der Waals surface area contributed by atoms with E-state index in [9.17, 15) is 4.79 Å². The van der Waals surface area contributed by atoms with E-state index in [0.29, 0.717) is 23.8 Å². The Morgan fingerprint density at radius 3 is 2.57 bits per heavy atom. The fraction of sp³-hybridized carbons (Fsp3) is 0.412. The van der Waals surface area contributed by atoms with E-state index in [2.05, 4.69) is 63.6 Å². The van der Waals surface area contributed by atoms with Crippen LogP contribution in [0.15, 0.2) is 29.1 Å². The summed E-state index contributed by atoms with van der Waals surface area (Å²) in [7, 11) is 0. The number of rotatable bonds is 4. The molecule has 0 fully saturated rings. The molecule has 0 radical (unpaired) electrons. The second kappa shape index (κ2) is 6.48. The molecule has 0 amide bonds. The average molecular weight is 302 g/mol. The van der Waals surface area contributed by atoms with Gasteiger partial charge in [-0.2, -0.15) is 17.7 Å². The predicted molar refractivity (Wildman–Crippen MR) is 90.9 cm³/mol. The van der Waals surface area contributed by atoms with Gasteiger partial charge in [0.05, 0.1) is 5.69 Å². The van der Waals surface area contributed by atoms with Gasteiger partial charge in [-0.05, 0) is 37.5 Å². The first kappa shape index (κ1) is 15.8. The van der Waals surface area contributed by atoms with Gasteiger partial charge in [-0.15, -0.1) is 0 Å². The molecule has 0 N–H and O–H groups in total. The summed E-state index contributed by atoms with van der Waals surface area (Å²) in [5, 5.41) is 4.56. The fourth-order valence-electron chi connectivity index (χ4n) is 2.32. The van der Waals surface area contributed by atoms with Crippen LogP contribution in [-0.2, 0) is 12.3 Å². The molecule has 3 nitrogen and oxygen atoms in total. The van der Waals surface area contributed by atoms with Gasteiger partial charge in [0.15, 0.2) is 0 Å². The van der Waals surface area contributed by atoms with Crippen molar-refractivity contribution in [1.82, 2.24) is 9.78 Å². The van der Waals surface area contributed by atoms with Crippen LogP contribution in [0.2, 0.25) is 0 Å². The molecular weight excluding hydrogens is 280 g/mol. The average Bonchev–Trinajstić information content (AvgIpc) is 2.43. The predicted octanol–water partition coefficient (Wildman–Crippen LogP) is 3.61. The first-order valence-electron chi connectivity index (χ1n) is 7.22. The minimum atomic E-state index is -0.0345. The molecule has 0 atom stereocenters. The molecule has 0 spiro atoms. The van der Waals surface area contributed by atoms with Gasteiger partial charge in [0.1, 0.15) is 0 Å². The van der Waals surface area contributed by atoms with E-state index >= 15 is 0 Å². The SMILES string of the molecule is Cc1ccc(C)c(-c2cc(CS)c(=O)n(CC(C)C)n2)c1. The van der Waals surface area contributed by atoms with Crippen LogP contribution in [0.1, 0.15) is 30.5 Å². The highest BCUT2D eigenvalue weighted by atomic mass is 32.1. The van der Waals surface area contributed by atoms with Gasteiger partial charge in [-0.25, -0.2) is 4.68 Å². The minimum absolute atomic E-state index is 0.0345. The summed E-state index contributed by atoms with van der Waals surface area (Å²) in [5.74, 6) is 0.800. The molecule has 1 aromatic carbocycles. The maximum absolute atomic E-state index is 12.3. The highest BCUT2D eigenvalue weighted by Crippen LogP contribution is 2.23. The molecule has 112 valence electrons. The quantitative estimate of drug-likeness (QED) is 0.876. The van der Waals surface area contributed by atoms with Crippen LogP contribution in [0.5, 0.6) is 0 Å². The lowest BCUT2D eigenvalue weighted by Crippen LogP contribution is -2.28. The molecule has 0 aliphatic rings. The van der Waals surface area contributed by atoms with Crippen LogP contribution in [0.4, 0.5) is 0 Å². The third kappa shape index (κ3) is 3.56. The zero-order valence-corrected chi connectivity index (χ0v) is 13.9. The van der Waals surface area contributed by atoms with E-state index in [1.165, 1.54) is 5.56 Å². The minimum Gasteiger partial charge on any atom is -0.267 e. The Kier molecular flexibility index (Phi) is 4.88. The van der Waals surface area contributed by atoms with E-state index < -0.39 is 0 Å². The summed E-state index contributed by atoms with van der Waals surface area (Å²) in [6.45, 7) is 8.91. The van der Waals surface area contributed by atoms with Crippen LogP contribution in [0, 0.1) is 19.8 Å².